The quantitative estimate of drug-likeness (QED) is 0.770. The molecule has 0 aromatic carbocycles. The van der Waals surface area contributed by atoms with E-state index in [9.17, 15) is 0 Å². The fraction of sp³-hybridized carbons (Fsp3) is 0.538. The molecule has 17 heavy (non-hydrogen) atoms. The van der Waals surface area contributed by atoms with Gasteiger partial charge in [0.1, 0.15) is 11.9 Å². The third-order valence-corrected chi connectivity index (χ3v) is 3.25. The first-order valence-electron chi connectivity index (χ1n) is 6.09. The molecule has 0 unspecified atom stereocenters. The van der Waals surface area contributed by atoms with Crippen LogP contribution in [-0.4, -0.2) is 42.6 Å². The number of rotatable bonds is 2. The first-order chi connectivity index (χ1) is 8.24. The van der Waals surface area contributed by atoms with Crippen molar-refractivity contribution >= 4 is 5.82 Å². The molecule has 2 rings (SSSR count). The lowest BCUT2D eigenvalue weighted by atomic mass is 10.2. The van der Waals surface area contributed by atoms with Crippen LogP contribution < -0.4 is 4.90 Å². The zero-order valence-corrected chi connectivity index (χ0v) is 10.5. The first kappa shape index (κ1) is 11.9. The third-order valence-electron chi connectivity index (χ3n) is 3.25. The van der Waals surface area contributed by atoms with Gasteiger partial charge < -0.3 is 9.80 Å². The average Bonchev–Trinajstić information content (AvgIpc) is 2.39. The molecule has 0 radical (unpaired) electrons. The SMILES string of the molecule is CCN1CCN(c2nc(C)ccc2C#N)CC1. The van der Waals surface area contributed by atoms with Gasteiger partial charge in [-0.3, -0.25) is 0 Å². The van der Waals surface area contributed by atoms with Gasteiger partial charge in [0.05, 0.1) is 5.56 Å². The van der Waals surface area contributed by atoms with Crippen LogP contribution >= 0.6 is 0 Å². The van der Waals surface area contributed by atoms with Crippen LogP contribution in [0, 0.1) is 18.3 Å². The summed E-state index contributed by atoms with van der Waals surface area (Å²) in [4.78, 5) is 9.14. The zero-order valence-electron chi connectivity index (χ0n) is 10.5. The number of hydrogen-bond acceptors (Lipinski definition) is 4. The second-order valence-electron chi connectivity index (χ2n) is 4.36. The van der Waals surface area contributed by atoms with Gasteiger partial charge in [-0.2, -0.15) is 5.26 Å². The molecule has 1 aliphatic rings. The Bertz CT molecular complexity index is 428. The Morgan fingerprint density at radius 3 is 2.59 bits per heavy atom. The van der Waals surface area contributed by atoms with Gasteiger partial charge in [0.2, 0.25) is 0 Å². The molecule has 2 heterocycles. The lowest BCUT2D eigenvalue weighted by Crippen LogP contribution is -2.46. The Morgan fingerprint density at radius 2 is 2.00 bits per heavy atom. The zero-order chi connectivity index (χ0) is 12.3. The Hall–Kier alpha value is -1.60. The van der Waals surface area contributed by atoms with Gasteiger partial charge in [0, 0.05) is 31.9 Å². The maximum Gasteiger partial charge on any atom is 0.146 e. The minimum Gasteiger partial charge on any atom is -0.353 e. The van der Waals surface area contributed by atoms with E-state index in [1.54, 1.807) is 0 Å². The van der Waals surface area contributed by atoms with E-state index in [1.807, 2.05) is 19.1 Å². The molecule has 0 spiro atoms. The van der Waals surface area contributed by atoms with Crippen molar-refractivity contribution in [1.82, 2.24) is 9.88 Å². The number of hydrogen-bond donors (Lipinski definition) is 0. The number of aromatic nitrogens is 1. The van der Waals surface area contributed by atoms with Gasteiger partial charge in [-0.15, -0.1) is 0 Å². The summed E-state index contributed by atoms with van der Waals surface area (Å²) in [5.74, 6) is 0.850. The minimum atomic E-state index is 0.681. The summed E-state index contributed by atoms with van der Waals surface area (Å²) >= 11 is 0. The number of pyridine rings is 1. The molecule has 90 valence electrons. The van der Waals surface area contributed by atoms with E-state index in [2.05, 4.69) is 27.8 Å². The van der Waals surface area contributed by atoms with E-state index in [0.29, 0.717) is 5.56 Å². The van der Waals surface area contributed by atoms with Crippen LogP contribution in [0.3, 0.4) is 0 Å². The van der Waals surface area contributed by atoms with E-state index in [0.717, 1.165) is 44.2 Å². The minimum absolute atomic E-state index is 0.681. The van der Waals surface area contributed by atoms with Crippen LogP contribution in [0.2, 0.25) is 0 Å². The molecule has 0 atom stereocenters. The van der Waals surface area contributed by atoms with Gasteiger partial charge in [0.25, 0.3) is 0 Å². The normalized spacial score (nSPS) is 16.9. The molecule has 1 fully saturated rings. The fourth-order valence-electron chi connectivity index (χ4n) is 2.15. The number of piperazine rings is 1. The van der Waals surface area contributed by atoms with Crippen molar-refractivity contribution in [2.75, 3.05) is 37.6 Å². The van der Waals surface area contributed by atoms with Crippen molar-refractivity contribution in [2.24, 2.45) is 0 Å². The van der Waals surface area contributed by atoms with Crippen LogP contribution in [0.1, 0.15) is 18.2 Å². The van der Waals surface area contributed by atoms with Crippen LogP contribution in [0.25, 0.3) is 0 Å². The third kappa shape index (κ3) is 2.56. The van der Waals surface area contributed by atoms with Crippen molar-refractivity contribution in [2.45, 2.75) is 13.8 Å². The second kappa shape index (κ2) is 5.15. The van der Waals surface area contributed by atoms with E-state index < -0.39 is 0 Å². The summed E-state index contributed by atoms with van der Waals surface area (Å²) in [5, 5.41) is 9.11. The lowest BCUT2D eigenvalue weighted by molar-refractivity contribution is 0.270. The predicted molar refractivity (Wildman–Crippen MR) is 68.0 cm³/mol. The molecule has 4 nitrogen and oxygen atoms in total. The summed E-state index contributed by atoms with van der Waals surface area (Å²) < 4.78 is 0. The van der Waals surface area contributed by atoms with E-state index in [4.69, 9.17) is 5.26 Å². The van der Waals surface area contributed by atoms with Crippen LogP contribution in [-0.2, 0) is 0 Å². The Balaban J connectivity index is 2.18. The number of nitrogens with zero attached hydrogens (tertiary/aromatic N) is 4. The van der Waals surface area contributed by atoms with Gasteiger partial charge in [-0.05, 0) is 25.6 Å². The number of aryl methyl sites for hydroxylation is 1. The Labute approximate surface area is 102 Å². The van der Waals surface area contributed by atoms with Gasteiger partial charge in [0.15, 0.2) is 0 Å². The number of anilines is 1. The summed E-state index contributed by atoms with van der Waals surface area (Å²) in [6, 6.07) is 5.99. The van der Waals surface area contributed by atoms with Crippen molar-refractivity contribution in [3.05, 3.63) is 23.4 Å². The summed E-state index contributed by atoms with van der Waals surface area (Å²) in [7, 11) is 0. The highest BCUT2D eigenvalue weighted by atomic mass is 15.3. The maximum absolute atomic E-state index is 9.11. The Morgan fingerprint density at radius 1 is 1.29 bits per heavy atom. The molecule has 1 aromatic rings. The lowest BCUT2D eigenvalue weighted by Gasteiger charge is -2.35. The highest BCUT2D eigenvalue weighted by Gasteiger charge is 2.19. The highest BCUT2D eigenvalue weighted by Crippen LogP contribution is 2.19. The molecule has 0 aliphatic carbocycles. The summed E-state index contributed by atoms with van der Waals surface area (Å²) in [6.45, 7) is 9.26. The van der Waals surface area contributed by atoms with Gasteiger partial charge in [-0.25, -0.2) is 4.98 Å². The second-order valence-corrected chi connectivity index (χ2v) is 4.36. The monoisotopic (exact) mass is 230 g/mol. The molecule has 4 heteroatoms. The molecular formula is C13H18N4. The van der Waals surface area contributed by atoms with Crippen molar-refractivity contribution in [3.63, 3.8) is 0 Å². The fourth-order valence-corrected chi connectivity index (χ4v) is 2.15. The molecule has 0 N–H and O–H groups in total. The van der Waals surface area contributed by atoms with Crippen molar-refractivity contribution in [1.29, 1.82) is 5.26 Å². The molecule has 1 aliphatic heterocycles. The highest BCUT2D eigenvalue weighted by molar-refractivity contribution is 5.54. The Kier molecular flexibility index (Phi) is 3.60. The summed E-state index contributed by atoms with van der Waals surface area (Å²) in [6.07, 6.45) is 0. The van der Waals surface area contributed by atoms with Crippen LogP contribution in [0.4, 0.5) is 5.82 Å². The molecule has 0 amide bonds. The van der Waals surface area contributed by atoms with E-state index in [-0.39, 0.29) is 0 Å². The van der Waals surface area contributed by atoms with Crippen molar-refractivity contribution in [3.8, 4) is 6.07 Å². The number of likely N-dealkylation sites (N-methyl/N-ethyl adjacent to an activating group) is 1. The predicted octanol–water partition coefficient (Wildman–Crippen LogP) is 1.40. The molecule has 1 saturated heterocycles. The standard InChI is InChI=1S/C13H18N4/c1-3-16-6-8-17(9-7-16)13-12(10-14)5-4-11(2)15-13/h4-5H,3,6-9H2,1-2H3. The smallest absolute Gasteiger partial charge is 0.146 e. The first-order valence-corrected chi connectivity index (χ1v) is 6.09. The summed E-state index contributed by atoms with van der Waals surface area (Å²) in [5.41, 5.74) is 1.65. The van der Waals surface area contributed by atoms with Gasteiger partial charge in [-0.1, -0.05) is 6.92 Å². The largest absolute Gasteiger partial charge is 0.353 e. The van der Waals surface area contributed by atoms with E-state index in [1.165, 1.54) is 0 Å². The number of nitriles is 1. The maximum atomic E-state index is 9.11. The molecule has 1 aromatic heterocycles. The molecule has 0 saturated carbocycles. The molecule has 0 bridgehead atoms. The van der Waals surface area contributed by atoms with Crippen molar-refractivity contribution < 1.29 is 0 Å². The van der Waals surface area contributed by atoms with Crippen LogP contribution in [0.5, 0.6) is 0 Å². The van der Waals surface area contributed by atoms with E-state index >= 15 is 0 Å². The molecular weight excluding hydrogens is 212 g/mol. The van der Waals surface area contributed by atoms with Crippen LogP contribution in [0.15, 0.2) is 12.1 Å². The average molecular weight is 230 g/mol. The van der Waals surface area contributed by atoms with Gasteiger partial charge >= 0.3 is 0 Å². The topological polar surface area (TPSA) is 43.2 Å².